The van der Waals surface area contributed by atoms with Gasteiger partial charge in [0.2, 0.25) is 11.9 Å². The molecule has 68 heavy (non-hydrogen) atoms. The van der Waals surface area contributed by atoms with E-state index in [1.807, 2.05) is 0 Å². The van der Waals surface area contributed by atoms with Crippen LogP contribution in [-0.2, 0) is 56.2 Å². The number of carbonyl (C=O) groups is 4. The van der Waals surface area contributed by atoms with Gasteiger partial charge in [0, 0.05) is 98.5 Å². The lowest BCUT2D eigenvalue weighted by Gasteiger charge is -2.25. The number of aryl methyl sites for hydroxylation is 2. The van der Waals surface area contributed by atoms with E-state index in [9.17, 15) is 36.7 Å². The van der Waals surface area contributed by atoms with Crippen LogP contribution in [0.4, 0.5) is 17.6 Å². The lowest BCUT2D eigenvalue weighted by molar-refractivity contribution is -0.130. The highest BCUT2D eigenvalue weighted by Crippen LogP contribution is 2.43. The Labute approximate surface area is 390 Å². The predicted molar refractivity (Wildman–Crippen MR) is 248 cm³/mol. The summed E-state index contributed by atoms with van der Waals surface area (Å²) >= 11 is 0. The largest absolute Gasteiger partial charge is 0.369 e. The van der Waals surface area contributed by atoms with Crippen LogP contribution >= 0.6 is 0 Å². The molecule has 0 aliphatic carbocycles. The van der Waals surface area contributed by atoms with Crippen LogP contribution < -0.4 is 11.5 Å². The van der Waals surface area contributed by atoms with Crippen LogP contribution in [0.15, 0.2) is 120 Å². The van der Waals surface area contributed by atoms with Gasteiger partial charge in [0.05, 0.1) is 13.3 Å². The van der Waals surface area contributed by atoms with Crippen LogP contribution in [0.2, 0.25) is 0 Å². The van der Waals surface area contributed by atoms with E-state index in [0.717, 1.165) is 0 Å². The summed E-state index contributed by atoms with van der Waals surface area (Å²) in [5, 5.41) is 0. The third kappa shape index (κ3) is 9.17. The minimum atomic E-state index is -1.53. The van der Waals surface area contributed by atoms with Crippen molar-refractivity contribution in [1.82, 2.24) is 28.9 Å². The summed E-state index contributed by atoms with van der Waals surface area (Å²) in [5.74, 6) is -2.09. The number of benzene rings is 2. The van der Waals surface area contributed by atoms with Gasteiger partial charge in [0.15, 0.2) is 23.0 Å². The summed E-state index contributed by atoms with van der Waals surface area (Å²) in [6.45, 7) is 2.61. The molecule has 6 heterocycles. The Morgan fingerprint density at radius 2 is 0.985 bits per heavy atom. The molecule has 0 saturated carbocycles. The molecule has 14 nitrogen and oxygen atoms in total. The third-order valence-corrected chi connectivity index (χ3v) is 11.9. The number of nitrogens with zero attached hydrogens (tertiary/aromatic N) is 8. The molecule has 2 atom stereocenters. The first-order valence-electron chi connectivity index (χ1n) is 21.7. The maximum Gasteiger partial charge on any atom is 0.266 e. The van der Waals surface area contributed by atoms with Crippen molar-refractivity contribution in [2.45, 2.75) is 63.7 Å². The van der Waals surface area contributed by atoms with Gasteiger partial charge >= 0.3 is 0 Å². The average Bonchev–Trinajstić information content (AvgIpc) is 4.04. The van der Waals surface area contributed by atoms with E-state index in [0.29, 0.717) is 57.9 Å². The van der Waals surface area contributed by atoms with Crippen LogP contribution in [0.5, 0.6) is 0 Å². The number of likely N-dealkylation sites (N-methyl/N-ethyl adjacent to an activating group) is 2. The summed E-state index contributed by atoms with van der Waals surface area (Å²) in [7, 11) is 3.06. The third-order valence-electron chi connectivity index (χ3n) is 11.9. The van der Waals surface area contributed by atoms with Gasteiger partial charge in [0.25, 0.3) is 11.8 Å². The van der Waals surface area contributed by atoms with E-state index < -0.39 is 36.3 Å². The number of hydrogen-bond acceptors (Lipinski definition) is 10. The molecule has 0 saturated heterocycles. The predicted octanol–water partition coefficient (Wildman–Crippen LogP) is 6.42. The van der Waals surface area contributed by atoms with E-state index in [1.165, 1.54) is 50.1 Å². The maximum absolute atomic E-state index is 14.4. The van der Waals surface area contributed by atoms with Gasteiger partial charge in [-0.1, -0.05) is 36.4 Å². The van der Waals surface area contributed by atoms with E-state index in [2.05, 4.69) is 20.0 Å². The number of halogens is 4. The summed E-state index contributed by atoms with van der Waals surface area (Å²) in [4.78, 5) is 70.1. The summed E-state index contributed by atoms with van der Waals surface area (Å²) < 4.78 is 58.2. The van der Waals surface area contributed by atoms with E-state index in [-0.39, 0.29) is 72.1 Å². The number of Topliss-reactive ketones (excluding diaryl/α,β-unsaturated/α-hetero) is 2. The quantitative estimate of drug-likeness (QED) is 0.0822. The van der Waals surface area contributed by atoms with Crippen LogP contribution in [0.1, 0.15) is 60.3 Å². The highest BCUT2D eigenvalue weighted by atomic mass is 19.1. The molecule has 2 aliphatic heterocycles. The Bertz CT molecular complexity index is 2770. The molecule has 18 heteroatoms. The number of carbonyl (C=O) groups excluding carboxylic acids is 4. The zero-order chi connectivity index (χ0) is 48.9. The van der Waals surface area contributed by atoms with Crippen molar-refractivity contribution in [3.05, 3.63) is 155 Å². The molecular weight excluding hydrogens is 881 g/mol. The Morgan fingerprint density at radius 1 is 0.588 bits per heavy atom. The van der Waals surface area contributed by atoms with E-state index >= 15 is 0 Å². The molecule has 6 aromatic rings. The summed E-state index contributed by atoms with van der Waals surface area (Å²) in [6.07, 6.45) is 6.96. The van der Waals surface area contributed by atoms with Gasteiger partial charge in [-0.05, 0) is 97.5 Å². The number of pyridine rings is 2. The summed E-state index contributed by atoms with van der Waals surface area (Å²) in [6, 6.07) is 23.7. The number of guanidine groups is 2. The van der Waals surface area contributed by atoms with Crippen molar-refractivity contribution in [1.29, 1.82) is 0 Å². The standard InChI is InChI=1S/2C25H25F2N5O2/c2*1-16(33)12-20-14-19(15-32(20)11-5-9-26)25(23(34)31(2)24(28)30-25)18-7-3-6-17(13-18)21-8-4-10-29-22(21)27/h2*3-4,6-8,10,13-15H,5,9,11-12H2,1-2H3,(H2,28,30)/t25-;/m0./s1. The van der Waals surface area contributed by atoms with E-state index in [4.69, 9.17) is 11.5 Å². The monoisotopic (exact) mass is 930 g/mol. The van der Waals surface area contributed by atoms with Crippen molar-refractivity contribution < 1.29 is 36.7 Å². The number of nitrogens with two attached hydrogens (primary N) is 2. The minimum absolute atomic E-state index is 0.0348. The van der Waals surface area contributed by atoms with Crippen molar-refractivity contribution in [2.75, 3.05) is 27.4 Å². The van der Waals surface area contributed by atoms with Crippen LogP contribution in [0.25, 0.3) is 22.3 Å². The smallest absolute Gasteiger partial charge is 0.266 e. The Morgan fingerprint density at radius 3 is 1.31 bits per heavy atom. The van der Waals surface area contributed by atoms with E-state index in [1.54, 1.807) is 106 Å². The molecule has 2 amide bonds. The van der Waals surface area contributed by atoms with Gasteiger partial charge in [0.1, 0.15) is 11.6 Å². The first-order valence-corrected chi connectivity index (χ1v) is 21.7. The molecule has 4 aromatic heterocycles. The van der Waals surface area contributed by atoms with Gasteiger partial charge in [-0.2, -0.15) is 8.78 Å². The lowest BCUT2D eigenvalue weighted by Crippen LogP contribution is -2.41. The van der Waals surface area contributed by atoms with Crippen molar-refractivity contribution in [3.8, 4) is 22.3 Å². The van der Waals surface area contributed by atoms with Crippen molar-refractivity contribution in [3.63, 3.8) is 0 Å². The first kappa shape index (κ1) is 48.2. The summed E-state index contributed by atoms with van der Waals surface area (Å²) in [5.41, 5.74) is 14.0. The second kappa shape index (κ2) is 20.0. The first-order chi connectivity index (χ1) is 32.5. The minimum Gasteiger partial charge on any atom is -0.369 e. The van der Waals surface area contributed by atoms with Crippen LogP contribution in [0, 0.1) is 11.9 Å². The molecule has 1 unspecified atom stereocenters. The molecular formula is C50H50F4N10O4. The van der Waals surface area contributed by atoms with Crippen molar-refractivity contribution >= 4 is 35.3 Å². The number of alkyl halides is 2. The fraction of sp³-hybridized carbons (Fsp3) is 0.280. The highest BCUT2D eigenvalue weighted by Gasteiger charge is 2.52. The number of aromatic nitrogens is 4. The molecule has 8 rings (SSSR count). The molecule has 352 valence electrons. The van der Waals surface area contributed by atoms with Crippen molar-refractivity contribution in [2.24, 2.45) is 21.5 Å². The molecule has 0 spiro atoms. The molecule has 0 radical (unpaired) electrons. The van der Waals surface area contributed by atoms with Gasteiger partial charge in [-0.15, -0.1) is 0 Å². The Hall–Kier alpha value is -7.76. The molecule has 4 N–H and O–H groups in total. The van der Waals surface area contributed by atoms with Gasteiger partial charge in [-0.3, -0.25) is 37.8 Å². The SMILES string of the molecule is CC(=O)Cc1cc(C2(c3cccc(-c4cccnc4F)c3)N=C(N)N(C)C2=O)cn1CCCF.CC(=O)Cc1cc([C@]2(c3cccc(-c4cccnc4F)c3)N=C(N)N(C)C2=O)cn1CCCF. The topological polar surface area (TPSA) is 187 Å². The number of hydrogen-bond donors (Lipinski definition) is 2. The molecule has 2 aromatic carbocycles. The average molecular weight is 931 g/mol. The molecule has 0 fully saturated rings. The highest BCUT2D eigenvalue weighted by molar-refractivity contribution is 6.10. The number of amides is 2. The van der Waals surface area contributed by atoms with Gasteiger partial charge < -0.3 is 20.6 Å². The van der Waals surface area contributed by atoms with Crippen LogP contribution in [0.3, 0.4) is 0 Å². The zero-order valence-electron chi connectivity index (χ0n) is 37.9. The Kier molecular flexibility index (Phi) is 14.2. The lowest BCUT2D eigenvalue weighted by atomic mass is 9.83. The number of aliphatic imine (C=N–C) groups is 2. The fourth-order valence-electron chi connectivity index (χ4n) is 8.58. The normalized spacial score (nSPS) is 17.8. The number of ketones is 2. The molecule has 2 aliphatic rings. The molecule has 0 bridgehead atoms. The fourth-order valence-corrected chi connectivity index (χ4v) is 8.58. The zero-order valence-corrected chi connectivity index (χ0v) is 37.9. The number of rotatable bonds is 16. The Balaban J connectivity index is 0.000000201. The van der Waals surface area contributed by atoms with Gasteiger partial charge in [-0.25, -0.2) is 20.0 Å². The maximum atomic E-state index is 14.4. The van der Waals surface area contributed by atoms with Crippen LogP contribution in [-0.4, -0.2) is 91.6 Å². The second-order valence-electron chi connectivity index (χ2n) is 16.6. The second-order valence-corrected chi connectivity index (χ2v) is 16.6.